The number of piperazine rings is 1. The molecule has 2 fully saturated rings. The summed E-state index contributed by atoms with van der Waals surface area (Å²) in [6.07, 6.45) is 3.51. The summed E-state index contributed by atoms with van der Waals surface area (Å²) in [6.45, 7) is 11.4. The zero-order valence-corrected chi connectivity index (χ0v) is 15.1. The molecular formula is C20H32N2O. The van der Waals surface area contributed by atoms with Crippen molar-refractivity contribution in [2.45, 2.75) is 44.1 Å². The van der Waals surface area contributed by atoms with E-state index in [-0.39, 0.29) is 11.0 Å². The molecule has 0 radical (unpaired) electrons. The second-order valence-electron chi connectivity index (χ2n) is 8.08. The van der Waals surface area contributed by atoms with Crippen LogP contribution < -0.4 is 0 Å². The van der Waals surface area contributed by atoms with Gasteiger partial charge in [-0.2, -0.15) is 0 Å². The molecular weight excluding hydrogens is 284 g/mol. The molecule has 1 aromatic carbocycles. The Morgan fingerprint density at radius 2 is 1.74 bits per heavy atom. The third-order valence-corrected chi connectivity index (χ3v) is 5.73. The minimum Gasteiger partial charge on any atom is -0.376 e. The molecule has 23 heavy (non-hydrogen) atoms. The minimum absolute atomic E-state index is 0.0177. The van der Waals surface area contributed by atoms with Crippen molar-refractivity contribution in [2.75, 3.05) is 46.4 Å². The molecule has 2 heterocycles. The van der Waals surface area contributed by atoms with Gasteiger partial charge in [-0.05, 0) is 52.3 Å². The molecule has 3 heteroatoms. The van der Waals surface area contributed by atoms with Crippen LogP contribution in [0.1, 0.15) is 38.7 Å². The number of rotatable bonds is 4. The molecule has 3 rings (SSSR count). The van der Waals surface area contributed by atoms with Crippen molar-refractivity contribution in [3.63, 3.8) is 0 Å². The van der Waals surface area contributed by atoms with Crippen LogP contribution in [-0.2, 0) is 10.2 Å². The molecule has 2 aliphatic heterocycles. The van der Waals surface area contributed by atoms with Gasteiger partial charge in [0, 0.05) is 38.2 Å². The molecule has 0 aromatic heterocycles. The average Bonchev–Trinajstić information content (AvgIpc) is 2.54. The number of likely N-dealkylation sites (N-methyl/N-ethyl adjacent to an activating group) is 1. The lowest BCUT2D eigenvalue weighted by molar-refractivity contribution is -0.0856. The fourth-order valence-corrected chi connectivity index (χ4v) is 4.32. The summed E-state index contributed by atoms with van der Waals surface area (Å²) >= 11 is 0. The van der Waals surface area contributed by atoms with Gasteiger partial charge in [0.1, 0.15) is 0 Å². The van der Waals surface area contributed by atoms with Gasteiger partial charge < -0.3 is 14.5 Å². The lowest BCUT2D eigenvalue weighted by Crippen LogP contribution is -2.48. The highest BCUT2D eigenvalue weighted by Crippen LogP contribution is 2.44. The first kappa shape index (κ1) is 16.9. The van der Waals surface area contributed by atoms with Crippen LogP contribution in [0.3, 0.4) is 0 Å². The van der Waals surface area contributed by atoms with E-state index in [1.165, 1.54) is 44.7 Å². The summed E-state index contributed by atoms with van der Waals surface area (Å²) in [5.41, 5.74) is 1.76. The molecule has 0 aliphatic carbocycles. The van der Waals surface area contributed by atoms with E-state index in [0.717, 1.165) is 19.4 Å². The van der Waals surface area contributed by atoms with E-state index in [4.69, 9.17) is 4.74 Å². The van der Waals surface area contributed by atoms with Gasteiger partial charge in [0.25, 0.3) is 0 Å². The second kappa shape index (κ2) is 6.92. The van der Waals surface area contributed by atoms with E-state index in [9.17, 15) is 0 Å². The van der Waals surface area contributed by atoms with Gasteiger partial charge in [-0.15, -0.1) is 0 Å². The van der Waals surface area contributed by atoms with Crippen LogP contribution in [0.4, 0.5) is 0 Å². The summed E-state index contributed by atoms with van der Waals surface area (Å²) in [5, 5.41) is 0. The maximum atomic E-state index is 6.03. The van der Waals surface area contributed by atoms with Crippen LogP contribution >= 0.6 is 0 Å². The first-order valence-corrected chi connectivity index (χ1v) is 9.10. The Kier molecular flexibility index (Phi) is 5.10. The second-order valence-corrected chi connectivity index (χ2v) is 8.08. The molecule has 1 aromatic rings. The van der Waals surface area contributed by atoms with Crippen molar-refractivity contribution in [3.05, 3.63) is 35.9 Å². The maximum absolute atomic E-state index is 6.03. The van der Waals surface area contributed by atoms with Gasteiger partial charge in [-0.1, -0.05) is 30.3 Å². The molecule has 1 atom stereocenters. The van der Waals surface area contributed by atoms with Crippen LogP contribution in [0, 0.1) is 0 Å². The SMILES string of the molecule is CN1CCN(CC[C@@]2(c3ccccc3)CCOC(C)(C)C2)CC1. The predicted octanol–water partition coefficient (Wildman–Crippen LogP) is 3.15. The Balaban J connectivity index is 1.73. The monoisotopic (exact) mass is 316 g/mol. The van der Waals surface area contributed by atoms with Crippen molar-refractivity contribution < 1.29 is 4.74 Å². The van der Waals surface area contributed by atoms with Crippen molar-refractivity contribution in [1.29, 1.82) is 0 Å². The number of benzene rings is 1. The summed E-state index contributed by atoms with van der Waals surface area (Å²) in [6, 6.07) is 11.2. The smallest absolute Gasteiger partial charge is 0.0635 e. The van der Waals surface area contributed by atoms with Crippen molar-refractivity contribution >= 4 is 0 Å². The lowest BCUT2D eigenvalue weighted by atomic mass is 9.67. The Hall–Kier alpha value is -0.900. The van der Waals surface area contributed by atoms with Gasteiger partial charge in [0.15, 0.2) is 0 Å². The van der Waals surface area contributed by atoms with Gasteiger partial charge in [0.2, 0.25) is 0 Å². The summed E-state index contributed by atoms with van der Waals surface area (Å²) in [7, 11) is 2.23. The highest BCUT2D eigenvalue weighted by atomic mass is 16.5. The highest BCUT2D eigenvalue weighted by Gasteiger charge is 2.42. The van der Waals surface area contributed by atoms with Gasteiger partial charge in [-0.25, -0.2) is 0 Å². The molecule has 128 valence electrons. The third-order valence-electron chi connectivity index (χ3n) is 5.73. The van der Waals surface area contributed by atoms with E-state index in [2.05, 4.69) is 61.0 Å². The first-order chi connectivity index (χ1) is 11.0. The van der Waals surface area contributed by atoms with Gasteiger partial charge in [-0.3, -0.25) is 0 Å². The fourth-order valence-electron chi connectivity index (χ4n) is 4.32. The zero-order chi connectivity index (χ0) is 16.3. The lowest BCUT2D eigenvalue weighted by Gasteiger charge is -2.46. The topological polar surface area (TPSA) is 15.7 Å². The van der Waals surface area contributed by atoms with Crippen molar-refractivity contribution in [1.82, 2.24) is 9.80 Å². The van der Waals surface area contributed by atoms with E-state index in [1.807, 2.05) is 0 Å². The Morgan fingerprint density at radius 3 is 2.39 bits per heavy atom. The highest BCUT2D eigenvalue weighted by molar-refractivity contribution is 5.27. The Morgan fingerprint density at radius 1 is 1.04 bits per heavy atom. The molecule has 0 N–H and O–H groups in total. The molecule has 2 saturated heterocycles. The molecule has 0 amide bonds. The first-order valence-electron chi connectivity index (χ1n) is 9.10. The van der Waals surface area contributed by atoms with E-state index < -0.39 is 0 Å². The van der Waals surface area contributed by atoms with Gasteiger partial charge in [0.05, 0.1) is 5.60 Å². The van der Waals surface area contributed by atoms with Crippen LogP contribution in [0.5, 0.6) is 0 Å². The van der Waals surface area contributed by atoms with Crippen molar-refractivity contribution in [3.8, 4) is 0 Å². The third kappa shape index (κ3) is 4.14. The fraction of sp³-hybridized carbons (Fsp3) is 0.700. The van der Waals surface area contributed by atoms with E-state index in [0.29, 0.717) is 0 Å². The Bertz CT molecular complexity index is 494. The van der Waals surface area contributed by atoms with Crippen LogP contribution in [-0.4, -0.2) is 61.8 Å². The number of hydrogen-bond acceptors (Lipinski definition) is 3. The normalized spacial score (nSPS) is 29.5. The summed E-state index contributed by atoms with van der Waals surface area (Å²) in [5.74, 6) is 0. The van der Waals surface area contributed by atoms with Crippen LogP contribution in [0.25, 0.3) is 0 Å². The van der Waals surface area contributed by atoms with E-state index in [1.54, 1.807) is 0 Å². The Labute approximate surface area is 141 Å². The summed E-state index contributed by atoms with van der Waals surface area (Å²) in [4.78, 5) is 5.08. The van der Waals surface area contributed by atoms with Crippen LogP contribution in [0.15, 0.2) is 30.3 Å². The quantitative estimate of drug-likeness (QED) is 0.849. The minimum atomic E-state index is -0.0177. The molecule has 0 saturated carbocycles. The van der Waals surface area contributed by atoms with Crippen molar-refractivity contribution in [2.24, 2.45) is 0 Å². The molecule has 0 spiro atoms. The largest absolute Gasteiger partial charge is 0.376 e. The zero-order valence-electron chi connectivity index (χ0n) is 15.1. The number of hydrogen-bond donors (Lipinski definition) is 0. The number of nitrogens with zero attached hydrogens (tertiary/aromatic N) is 2. The predicted molar refractivity (Wildman–Crippen MR) is 95.9 cm³/mol. The number of ether oxygens (including phenoxy) is 1. The van der Waals surface area contributed by atoms with Gasteiger partial charge >= 0.3 is 0 Å². The maximum Gasteiger partial charge on any atom is 0.0635 e. The molecule has 2 aliphatic rings. The average molecular weight is 316 g/mol. The summed E-state index contributed by atoms with van der Waals surface area (Å²) < 4.78 is 6.03. The standard InChI is InChI=1S/C20H32N2O/c1-19(2)17-20(10-16-23-19,18-7-5-4-6-8-18)9-11-22-14-12-21(3)13-15-22/h4-8H,9-17H2,1-3H3/t20-/m1/s1. The van der Waals surface area contributed by atoms with E-state index >= 15 is 0 Å². The molecule has 0 bridgehead atoms. The van der Waals surface area contributed by atoms with Crippen LogP contribution in [0.2, 0.25) is 0 Å². The molecule has 0 unspecified atom stereocenters. The molecule has 3 nitrogen and oxygen atoms in total.